The van der Waals surface area contributed by atoms with E-state index in [1.165, 1.54) is 0 Å². The predicted octanol–water partition coefficient (Wildman–Crippen LogP) is 1.77. The summed E-state index contributed by atoms with van der Waals surface area (Å²) in [7, 11) is 0. The molecule has 1 atom stereocenters. The number of aliphatic hydroxyl groups excluding tert-OH is 1. The third-order valence-electron chi connectivity index (χ3n) is 3.23. The molecule has 1 aromatic carbocycles. The van der Waals surface area contributed by atoms with Gasteiger partial charge in [0.2, 0.25) is 0 Å². The maximum Gasteiger partial charge on any atom is 0.319 e. The van der Waals surface area contributed by atoms with E-state index in [-0.39, 0.29) is 12.1 Å². The summed E-state index contributed by atoms with van der Waals surface area (Å²) in [5.41, 5.74) is 2.84. The van der Waals surface area contributed by atoms with Gasteiger partial charge in [0.15, 0.2) is 0 Å². The number of fused-ring (bicyclic) bond motifs is 1. The summed E-state index contributed by atoms with van der Waals surface area (Å²) in [6.07, 6.45) is 1.89. The van der Waals surface area contributed by atoms with Crippen LogP contribution in [0.25, 0.3) is 0 Å². The Bertz CT molecular complexity index is 441. The minimum atomic E-state index is -0.345. The van der Waals surface area contributed by atoms with E-state index in [1.807, 2.05) is 18.2 Å². The highest BCUT2D eigenvalue weighted by atomic mass is 16.3. The number of carbonyl (C=O) groups is 1. The molecule has 2 aliphatic rings. The Morgan fingerprint density at radius 2 is 2.19 bits per heavy atom. The number of aliphatic hydroxyl groups is 1. The molecule has 16 heavy (non-hydrogen) atoms. The summed E-state index contributed by atoms with van der Waals surface area (Å²) < 4.78 is 0. The fraction of sp³-hybridized carbons (Fsp3) is 0.417. The van der Waals surface area contributed by atoms with Crippen molar-refractivity contribution in [2.45, 2.75) is 25.5 Å². The van der Waals surface area contributed by atoms with Crippen LogP contribution in [0.4, 0.5) is 10.5 Å². The van der Waals surface area contributed by atoms with Crippen LogP contribution in [0.1, 0.15) is 30.1 Å². The third-order valence-corrected chi connectivity index (χ3v) is 3.23. The van der Waals surface area contributed by atoms with Gasteiger partial charge >= 0.3 is 6.03 Å². The van der Waals surface area contributed by atoms with Crippen LogP contribution < -0.4 is 10.6 Å². The summed E-state index contributed by atoms with van der Waals surface area (Å²) in [6, 6.07) is 5.58. The number of urea groups is 1. The Morgan fingerprint density at radius 3 is 2.94 bits per heavy atom. The first-order chi connectivity index (χ1) is 7.74. The van der Waals surface area contributed by atoms with E-state index in [4.69, 9.17) is 0 Å². The number of rotatable bonds is 2. The minimum Gasteiger partial charge on any atom is -0.388 e. The number of benzene rings is 1. The Kier molecular flexibility index (Phi) is 2.11. The van der Waals surface area contributed by atoms with Gasteiger partial charge in [-0.1, -0.05) is 6.07 Å². The standard InChI is InChI=1S/C12H14N2O2/c15-11(7-1-2-7)8-3-4-10-9(5-8)6-13-12(16)14-10/h3-5,7,11,15H,1-2,6H2,(H2,13,14,16). The highest BCUT2D eigenvalue weighted by Crippen LogP contribution is 2.41. The van der Waals surface area contributed by atoms with Gasteiger partial charge < -0.3 is 15.7 Å². The molecule has 3 rings (SSSR count). The first-order valence-corrected chi connectivity index (χ1v) is 5.60. The van der Waals surface area contributed by atoms with Crippen molar-refractivity contribution in [3.05, 3.63) is 29.3 Å². The monoisotopic (exact) mass is 218 g/mol. The van der Waals surface area contributed by atoms with Crippen molar-refractivity contribution < 1.29 is 9.90 Å². The first-order valence-electron chi connectivity index (χ1n) is 5.60. The lowest BCUT2D eigenvalue weighted by Crippen LogP contribution is -2.33. The van der Waals surface area contributed by atoms with Crippen LogP contribution in [0.5, 0.6) is 0 Å². The third kappa shape index (κ3) is 1.65. The Morgan fingerprint density at radius 1 is 1.38 bits per heavy atom. The number of anilines is 1. The van der Waals surface area contributed by atoms with Crippen LogP contribution in [0.2, 0.25) is 0 Å². The van der Waals surface area contributed by atoms with Crippen molar-refractivity contribution in [1.82, 2.24) is 5.32 Å². The van der Waals surface area contributed by atoms with E-state index in [2.05, 4.69) is 10.6 Å². The van der Waals surface area contributed by atoms with Crippen molar-refractivity contribution in [2.24, 2.45) is 5.92 Å². The number of nitrogens with one attached hydrogen (secondary N) is 2. The lowest BCUT2D eigenvalue weighted by molar-refractivity contribution is 0.154. The van der Waals surface area contributed by atoms with Crippen molar-refractivity contribution >= 4 is 11.7 Å². The molecule has 4 nitrogen and oxygen atoms in total. The Balaban J connectivity index is 1.89. The van der Waals surface area contributed by atoms with E-state index in [1.54, 1.807) is 0 Å². The quantitative estimate of drug-likeness (QED) is 0.708. The summed E-state index contributed by atoms with van der Waals surface area (Å²) in [5.74, 6) is 0.434. The summed E-state index contributed by atoms with van der Waals surface area (Å²) in [6.45, 7) is 0.534. The summed E-state index contributed by atoms with van der Waals surface area (Å²) in [5, 5.41) is 15.5. The second-order valence-electron chi connectivity index (χ2n) is 4.51. The van der Waals surface area contributed by atoms with Crippen LogP contribution in [0.3, 0.4) is 0 Å². The van der Waals surface area contributed by atoms with Crippen LogP contribution in [-0.4, -0.2) is 11.1 Å². The van der Waals surface area contributed by atoms with Crippen molar-refractivity contribution in [3.8, 4) is 0 Å². The van der Waals surface area contributed by atoms with Gasteiger partial charge in [-0.05, 0) is 42.0 Å². The lowest BCUT2D eigenvalue weighted by atomic mass is 10.0. The van der Waals surface area contributed by atoms with Crippen molar-refractivity contribution in [3.63, 3.8) is 0 Å². The van der Waals surface area contributed by atoms with Gasteiger partial charge in [0.25, 0.3) is 0 Å². The minimum absolute atomic E-state index is 0.164. The molecular weight excluding hydrogens is 204 g/mol. The zero-order valence-corrected chi connectivity index (χ0v) is 8.86. The lowest BCUT2D eigenvalue weighted by Gasteiger charge is -2.20. The number of amides is 2. The molecular formula is C12H14N2O2. The molecule has 0 saturated heterocycles. The molecule has 0 bridgehead atoms. The number of hydrogen-bond acceptors (Lipinski definition) is 2. The molecule has 1 saturated carbocycles. The van der Waals surface area contributed by atoms with E-state index < -0.39 is 0 Å². The molecule has 0 radical (unpaired) electrons. The smallest absolute Gasteiger partial charge is 0.319 e. The molecule has 1 aromatic rings. The van der Waals surface area contributed by atoms with E-state index in [0.29, 0.717) is 12.5 Å². The fourth-order valence-corrected chi connectivity index (χ4v) is 2.09. The first kappa shape index (κ1) is 9.66. The molecule has 2 amide bonds. The molecule has 4 heteroatoms. The van der Waals surface area contributed by atoms with Crippen LogP contribution in [0.15, 0.2) is 18.2 Å². The predicted molar refractivity (Wildman–Crippen MR) is 60.0 cm³/mol. The maximum atomic E-state index is 11.1. The van der Waals surface area contributed by atoms with Gasteiger partial charge in [-0.2, -0.15) is 0 Å². The highest BCUT2D eigenvalue weighted by molar-refractivity contribution is 5.92. The molecule has 1 fully saturated rings. The molecule has 1 heterocycles. The molecule has 3 N–H and O–H groups in total. The van der Waals surface area contributed by atoms with Crippen LogP contribution in [0, 0.1) is 5.92 Å². The summed E-state index contributed by atoms with van der Waals surface area (Å²) in [4.78, 5) is 11.1. The molecule has 1 unspecified atom stereocenters. The second-order valence-corrected chi connectivity index (χ2v) is 4.51. The van der Waals surface area contributed by atoms with Crippen LogP contribution >= 0.6 is 0 Å². The normalized spacial score (nSPS) is 20.7. The zero-order chi connectivity index (χ0) is 11.1. The molecule has 84 valence electrons. The van der Waals surface area contributed by atoms with E-state index in [0.717, 1.165) is 29.7 Å². The highest BCUT2D eigenvalue weighted by Gasteiger charge is 2.31. The maximum absolute atomic E-state index is 11.1. The van der Waals surface area contributed by atoms with Gasteiger partial charge in [0.1, 0.15) is 0 Å². The Labute approximate surface area is 93.7 Å². The van der Waals surface area contributed by atoms with E-state index >= 15 is 0 Å². The average molecular weight is 218 g/mol. The van der Waals surface area contributed by atoms with Crippen molar-refractivity contribution in [1.29, 1.82) is 0 Å². The van der Waals surface area contributed by atoms with Gasteiger partial charge in [0, 0.05) is 12.2 Å². The van der Waals surface area contributed by atoms with Gasteiger partial charge in [-0.15, -0.1) is 0 Å². The van der Waals surface area contributed by atoms with Gasteiger partial charge in [0.05, 0.1) is 6.10 Å². The zero-order valence-electron chi connectivity index (χ0n) is 8.86. The molecule has 0 spiro atoms. The molecule has 0 aromatic heterocycles. The van der Waals surface area contributed by atoms with Gasteiger partial charge in [-0.25, -0.2) is 4.79 Å². The van der Waals surface area contributed by atoms with E-state index in [9.17, 15) is 9.90 Å². The SMILES string of the molecule is O=C1NCc2cc(C(O)C3CC3)ccc2N1. The van der Waals surface area contributed by atoms with Gasteiger partial charge in [-0.3, -0.25) is 0 Å². The average Bonchev–Trinajstić information content (AvgIpc) is 3.11. The van der Waals surface area contributed by atoms with Crippen molar-refractivity contribution in [2.75, 3.05) is 5.32 Å². The largest absolute Gasteiger partial charge is 0.388 e. The number of carbonyl (C=O) groups excluding carboxylic acids is 1. The topological polar surface area (TPSA) is 61.4 Å². The fourth-order valence-electron chi connectivity index (χ4n) is 2.09. The molecule has 1 aliphatic heterocycles. The Hall–Kier alpha value is -1.55. The summed E-state index contributed by atoms with van der Waals surface area (Å²) >= 11 is 0. The second kappa shape index (κ2) is 3.49. The molecule has 1 aliphatic carbocycles. The number of hydrogen-bond donors (Lipinski definition) is 3. The van der Waals surface area contributed by atoms with Crippen LogP contribution in [-0.2, 0) is 6.54 Å².